The Bertz CT molecular complexity index is 665. The molecule has 5 nitrogen and oxygen atoms in total. The minimum atomic E-state index is -0.248. The molecule has 2 heterocycles. The molecular formula is C17H23ClN2O3. The molecule has 1 N–H and O–H groups in total. The minimum absolute atomic E-state index is 0. The molecule has 1 atom stereocenters. The van der Waals surface area contributed by atoms with Gasteiger partial charge in [-0.2, -0.15) is 0 Å². The fourth-order valence-corrected chi connectivity index (χ4v) is 2.91. The number of fused-ring (bicyclic) bond motifs is 1. The summed E-state index contributed by atoms with van der Waals surface area (Å²) in [4.78, 5) is 14.3. The molecule has 0 spiro atoms. The average molecular weight is 339 g/mol. The number of likely N-dealkylation sites (N-methyl/N-ethyl adjacent to an activating group) is 1. The molecule has 1 aliphatic rings. The van der Waals surface area contributed by atoms with Gasteiger partial charge in [0.2, 0.25) is 5.91 Å². The molecule has 1 aromatic carbocycles. The van der Waals surface area contributed by atoms with Gasteiger partial charge in [-0.15, -0.1) is 12.4 Å². The van der Waals surface area contributed by atoms with E-state index in [1.807, 2.05) is 31.3 Å². The first kappa shape index (κ1) is 17.8. The molecule has 126 valence electrons. The number of aryl methyl sites for hydroxylation is 1. The predicted molar refractivity (Wildman–Crippen MR) is 91.9 cm³/mol. The monoisotopic (exact) mass is 338 g/mol. The Balaban J connectivity index is 0.00000192. The lowest BCUT2D eigenvalue weighted by Gasteiger charge is -2.27. The van der Waals surface area contributed by atoms with Gasteiger partial charge in [0.1, 0.15) is 17.4 Å². The summed E-state index contributed by atoms with van der Waals surface area (Å²) in [6, 6.07) is 7.73. The normalized spacial score (nSPS) is 17.7. The van der Waals surface area contributed by atoms with Crippen LogP contribution in [0.1, 0.15) is 18.2 Å². The van der Waals surface area contributed by atoms with Gasteiger partial charge in [-0.05, 0) is 6.07 Å². The molecular weight excluding hydrogens is 316 g/mol. The minimum Gasteiger partial charge on any atom is -0.461 e. The Labute approximate surface area is 142 Å². The number of hydrogen-bond acceptors (Lipinski definition) is 4. The quantitative estimate of drug-likeness (QED) is 0.930. The first-order valence-corrected chi connectivity index (χ1v) is 7.76. The van der Waals surface area contributed by atoms with Crippen molar-refractivity contribution in [1.82, 2.24) is 10.2 Å². The van der Waals surface area contributed by atoms with Crippen LogP contribution in [-0.4, -0.2) is 43.7 Å². The number of ether oxygens (including phenoxy) is 1. The fourth-order valence-electron chi connectivity index (χ4n) is 2.91. The van der Waals surface area contributed by atoms with Crippen molar-refractivity contribution >= 4 is 29.3 Å². The number of morpholine rings is 1. The van der Waals surface area contributed by atoms with E-state index in [0.29, 0.717) is 19.8 Å². The van der Waals surface area contributed by atoms with Gasteiger partial charge < -0.3 is 19.4 Å². The number of amides is 1. The van der Waals surface area contributed by atoms with E-state index in [1.165, 1.54) is 0 Å². The summed E-state index contributed by atoms with van der Waals surface area (Å²) in [6.07, 6.45) is 0.816. The Morgan fingerprint density at radius 1 is 1.39 bits per heavy atom. The summed E-state index contributed by atoms with van der Waals surface area (Å²) in [6.45, 7) is 4.45. The zero-order chi connectivity index (χ0) is 15.5. The van der Waals surface area contributed by atoms with Crippen molar-refractivity contribution in [1.29, 1.82) is 0 Å². The third-order valence-electron chi connectivity index (χ3n) is 4.09. The van der Waals surface area contributed by atoms with Gasteiger partial charge in [0, 0.05) is 37.5 Å². The second-order valence-corrected chi connectivity index (χ2v) is 5.63. The molecule has 3 rings (SSSR count). The van der Waals surface area contributed by atoms with Crippen LogP contribution in [0.3, 0.4) is 0 Å². The van der Waals surface area contributed by atoms with Crippen molar-refractivity contribution in [2.45, 2.75) is 25.9 Å². The lowest BCUT2D eigenvalue weighted by atomic mass is 10.1. The summed E-state index contributed by atoms with van der Waals surface area (Å²) >= 11 is 0. The van der Waals surface area contributed by atoms with E-state index in [4.69, 9.17) is 9.15 Å². The van der Waals surface area contributed by atoms with Crippen LogP contribution >= 0.6 is 12.4 Å². The number of carbonyl (C=O) groups excluding carboxylic acids is 1. The van der Waals surface area contributed by atoms with Crippen LogP contribution in [0.15, 0.2) is 28.7 Å². The molecule has 0 aliphatic carbocycles. The van der Waals surface area contributed by atoms with Gasteiger partial charge in [0.25, 0.3) is 0 Å². The molecule has 1 aliphatic heterocycles. The molecule has 6 heteroatoms. The summed E-state index contributed by atoms with van der Waals surface area (Å²) in [5, 5.41) is 4.30. The number of halogens is 1. The van der Waals surface area contributed by atoms with Crippen LogP contribution in [0.5, 0.6) is 0 Å². The molecule has 1 saturated heterocycles. The predicted octanol–water partition coefficient (Wildman–Crippen LogP) is 2.36. The fraction of sp³-hybridized carbons (Fsp3) is 0.471. The van der Waals surface area contributed by atoms with Crippen LogP contribution in [0.25, 0.3) is 11.0 Å². The highest BCUT2D eigenvalue weighted by atomic mass is 35.5. The van der Waals surface area contributed by atoms with Crippen LogP contribution < -0.4 is 5.32 Å². The molecule has 1 unspecified atom stereocenters. The summed E-state index contributed by atoms with van der Waals surface area (Å²) < 4.78 is 11.3. The van der Waals surface area contributed by atoms with Crippen molar-refractivity contribution in [2.75, 3.05) is 26.8 Å². The van der Waals surface area contributed by atoms with Gasteiger partial charge in [0.05, 0.1) is 13.2 Å². The summed E-state index contributed by atoms with van der Waals surface area (Å²) in [5.74, 6) is 1.01. The molecule has 1 aromatic heterocycles. The highest BCUT2D eigenvalue weighted by Crippen LogP contribution is 2.27. The van der Waals surface area contributed by atoms with Gasteiger partial charge in [-0.1, -0.05) is 25.1 Å². The van der Waals surface area contributed by atoms with E-state index < -0.39 is 0 Å². The molecule has 2 aromatic rings. The lowest BCUT2D eigenvalue weighted by Crippen LogP contribution is -2.51. The number of hydrogen-bond donors (Lipinski definition) is 1. The van der Waals surface area contributed by atoms with Gasteiger partial charge in [0.15, 0.2) is 0 Å². The maximum absolute atomic E-state index is 12.5. The molecule has 23 heavy (non-hydrogen) atoms. The standard InChI is InChI=1S/C17H22N2O3.ClH/c1-3-15-13(12-6-4-5-7-16(12)22-15)10-19(2)17(20)14-11-21-9-8-18-14;/h4-7,14,18H,3,8-11H2,1-2H3;1H. The Morgan fingerprint density at radius 3 is 2.87 bits per heavy atom. The second kappa shape index (κ2) is 7.81. The lowest BCUT2D eigenvalue weighted by molar-refractivity contribution is -0.135. The molecule has 1 amide bonds. The maximum atomic E-state index is 12.5. The largest absolute Gasteiger partial charge is 0.461 e. The zero-order valence-corrected chi connectivity index (χ0v) is 14.3. The summed E-state index contributed by atoms with van der Waals surface area (Å²) in [7, 11) is 1.83. The third-order valence-corrected chi connectivity index (χ3v) is 4.09. The van der Waals surface area contributed by atoms with E-state index in [-0.39, 0.29) is 24.4 Å². The Kier molecular flexibility index (Phi) is 6.04. The van der Waals surface area contributed by atoms with Crippen LogP contribution in [-0.2, 0) is 22.5 Å². The van der Waals surface area contributed by atoms with Gasteiger partial charge in [-0.3, -0.25) is 4.79 Å². The molecule has 0 saturated carbocycles. The van der Waals surface area contributed by atoms with Crippen molar-refractivity contribution in [2.24, 2.45) is 0 Å². The van der Waals surface area contributed by atoms with Crippen molar-refractivity contribution < 1.29 is 13.9 Å². The smallest absolute Gasteiger partial charge is 0.242 e. The number of para-hydroxylation sites is 1. The number of nitrogens with one attached hydrogen (secondary N) is 1. The Hall–Kier alpha value is -1.56. The van der Waals surface area contributed by atoms with Gasteiger partial charge in [-0.25, -0.2) is 0 Å². The highest BCUT2D eigenvalue weighted by Gasteiger charge is 2.25. The average Bonchev–Trinajstić information content (AvgIpc) is 2.93. The van der Waals surface area contributed by atoms with E-state index in [0.717, 1.165) is 35.3 Å². The number of furan rings is 1. The summed E-state index contributed by atoms with van der Waals surface area (Å²) in [5.41, 5.74) is 1.99. The highest BCUT2D eigenvalue weighted by molar-refractivity contribution is 5.85. The van der Waals surface area contributed by atoms with E-state index >= 15 is 0 Å². The topological polar surface area (TPSA) is 54.7 Å². The maximum Gasteiger partial charge on any atom is 0.242 e. The first-order chi connectivity index (χ1) is 10.7. The van der Waals surface area contributed by atoms with Crippen LogP contribution in [0.2, 0.25) is 0 Å². The SMILES string of the molecule is CCc1oc2ccccc2c1CN(C)C(=O)C1COCCN1.Cl. The number of benzene rings is 1. The van der Waals surface area contributed by atoms with E-state index in [2.05, 4.69) is 12.2 Å². The van der Waals surface area contributed by atoms with Crippen LogP contribution in [0, 0.1) is 0 Å². The molecule has 0 bridgehead atoms. The second-order valence-electron chi connectivity index (χ2n) is 5.63. The zero-order valence-electron chi connectivity index (χ0n) is 13.5. The molecule has 1 fully saturated rings. The Morgan fingerprint density at radius 2 is 2.17 bits per heavy atom. The number of nitrogens with zero attached hydrogens (tertiary/aromatic N) is 1. The van der Waals surface area contributed by atoms with Gasteiger partial charge >= 0.3 is 0 Å². The first-order valence-electron chi connectivity index (χ1n) is 7.76. The number of rotatable bonds is 4. The van der Waals surface area contributed by atoms with Crippen LogP contribution in [0.4, 0.5) is 0 Å². The van der Waals surface area contributed by atoms with Crippen molar-refractivity contribution in [3.63, 3.8) is 0 Å². The van der Waals surface area contributed by atoms with Crippen molar-refractivity contribution in [3.05, 3.63) is 35.6 Å². The van der Waals surface area contributed by atoms with Crippen molar-refractivity contribution in [3.8, 4) is 0 Å². The number of carbonyl (C=O) groups is 1. The van der Waals surface area contributed by atoms with E-state index in [1.54, 1.807) is 4.90 Å². The van der Waals surface area contributed by atoms with E-state index in [9.17, 15) is 4.79 Å². The molecule has 0 radical (unpaired) electrons. The third kappa shape index (κ3) is 3.68.